The van der Waals surface area contributed by atoms with Crippen LogP contribution in [0, 0.1) is 0 Å². The summed E-state index contributed by atoms with van der Waals surface area (Å²) in [6, 6.07) is 5.10. The summed E-state index contributed by atoms with van der Waals surface area (Å²) in [6.07, 6.45) is 1.98. The number of hydrogen-bond donors (Lipinski definition) is 2. The van der Waals surface area contributed by atoms with E-state index in [1.165, 1.54) is 0 Å². The lowest BCUT2D eigenvalue weighted by molar-refractivity contribution is 0.102. The maximum Gasteiger partial charge on any atom is 0.257 e. The number of benzene rings is 1. The van der Waals surface area contributed by atoms with Crippen molar-refractivity contribution in [2.45, 2.75) is 32.5 Å². The van der Waals surface area contributed by atoms with Crippen LogP contribution in [0.4, 0.5) is 5.82 Å². The fourth-order valence-electron chi connectivity index (χ4n) is 2.64. The third-order valence-corrected chi connectivity index (χ3v) is 3.68. The molecule has 7 nitrogen and oxygen atoms in total. The molecule has 1 aliphatic rings. The first kappa shape index (κ1) is 16.3. The Morgan fingerprint density at radius 3 is 2.96 bits per heavy atom. The van der Waals surface area contributed by atoms with Gasteiger partial charge >= 0.3 is 0 Å². The zero-order valence-electron chi connectivity index (χ0n) is 13.9. The van der Waals surface area contributed by atoms with Gasteiger partial charge in [0.05, 0.1) is 12.7 Å². The van der Waals surface area contributed by atoms with Crippen LogP contribution in [0.3, 0.4) is 0 Å². The van der Waals surface area contributed by atoms with Gasteiger partial charge in [-0.25, -0.2) is 0 Å². The molecule has 2 N–H and O–H groups in total. The van der Waals surface area contributed by atoms with Crippen LogP contribution in [-0.4, -0.2) is 39.6 Å². The summed E-state index contributed by atoms with van der Waals surface area (Å²) in [5.74, 6) is 1.38. The van der Waals surface area contributed by atoms with Gasteiger partial charge in [0.2, 0.25) is 0 Å². The summed E-state index contributed by atoms with van der Waals surface area (Å²) >= 11 is 0. The standard InChI is InChI=1S/C17H21N3O4/c1-10(2)23-14-6-11(7-15-13(14)8-12(9-21)24-15)17(22)18-16-4-5-20(3)19-16/h4-7,10,12,21H,8-9H2,1-3H3,(H,18,19,22). The molecule has 0 bridgehead atoms. The van der Waals surface area contributed by atoms with Crippen LogP contribution in [0.15, 0.2) is 24.4 Å². The minimum absolute atomic E-state index is 0.0311. The average molecular weight is 331 g/mol. The summed E-state index contributed by atoms with van der Waals surface area (Å²) in [5.41, 5.74) is 1.31. The molecule has 128 valence electrons. The van der Waals surface area contributed by atoms with Gasteiger partial charge in [-0.05, 0) is 26.0 Å². The maximum atomic E-state index is 12.5. The van der Waals surface area contributed by atoms with E-state index in [9.17, 15) is 9.90 Å². The van der Waals surface area contributed by atoms with Gasteiger partial charge in [0.1, 0.15) is 17.6 Å². The van der Waals surface area contributed by atoms with Gasteiger partial charge in [-0.2, -0.15) is 5.10 Å². The Kier molecular flexibility index (Phi) is 4.44. The van der Waals surface area contributed by atoms with E-state index in [1.807, 2.05) is 13.8 Å². The number of rotatable bonds is 5. The van der Waals surface area contributed by atoms with E-state index in [1.54, 1.807) is 36.1 Å². The SMILES string of the molecule is CC(C)Oc1cc(C(=O)Nc2ccn(C)n2)cc2c1CC(CO)O2. The molecule has 1 amide bonds. The van der Waals surface area contributed by atoms with Crippen molar-refractivity contribution >= 4 is 11.7 Å². The van der Waals surface area contributed by atoms with E-state index in [-0.39, 0.29) is 24.7 Å². The molecular formula is C17H21N3O4. The molecule has 7 heteroatoms. The number of amides is 1. The molecule has 0 aliphatic carbocycles. The number of hydrogen-bond acceptors (Lipinski definition) is 5. The number of nitrogens with zero attached hydrogens (tertiary/aromatic N) is 2. The zero-order valence-corrected chi connectivity index (χ0v) is 13.9. The number of aliphatic hydroxyl groups is 1. The van der Waals surface area contributed by atoms with Gasteiger partial charge in [-0.3, -0.25) is 9.48 Å². The number of aliphatic hydroxyl groups excluding tert-OH is 1. The van der Waals surface area contributed by atoms with Crippen LogP contribution < -0.4 is 14.8 Å². The summed E-state index contributed by atoms with van der Waals surface area (Å²) in [7, 11) is 1.78. The van der Waals surface area contributed by atoms with Gasteiger partial charge < -0.3 is 19.9 Å². The second-order valence-electron chi connectivity index (χ2n) is 6.07. The normalized spacial score (nSPS) is 16.0. The zero-order chi connectivity index (χ0) is 17.3. The van der Waals surface area contributed by atoms with Crippen molar-refractivity contribution in [1.82, 2.24) is 9.78 Å². The monoisotopic (exact) mass is 331 g/mol. The molecule has 1 unspecified atom stereocenters. The summed E-state index contributed by atoms with van der Waals surface area (Å²) in [6.45, 7) is 3.77. The summed E-state index contributed by atoms with van der Waals surface area (Å²) in [5, 5.41) is 16.2. The average Bonchev–Trinajstić information content (AvgIpc) is 3.12. The van der Waals surface area contributed by atoms with Gasteiger partial charge in [0, 0.05) is 36.9 Å². The van der Waals surface area contributed by atoms with Gasteiger partial charge in [-0.1, -0.05) is 0 Å². The fraction of sp³-hybridized carbons (Fsp3) is 0.412. The lowest BCUT2D eigenvalue weighted by Crippen LogP contribution is -2.17. The van der Waals surface area contributed by atoms with E-state index < -0.39 is 0 Å². The lowest BCUT2D eigenvalue weighted by Gasteiger charge is -2.14. The highest BCUT2D eigenvalue weighted by atomic mass is 16.5. The van der Waals surface area contributed by atoms with Crippen molar-refractivity contribution in [3.05, 3.63) is 35.5 Å². The highest BCUT2D eigenvalue weighted by Crippen LogP contribution is 2.38. The summed E-state index contributed by atoms with van der Waals surface area (Å²) in [4.78, 5) is 12.5. The highest BCUT2D eigenvalue weighted by molar-refractivity contribution is 6.04. The minimum Gasteiger partial charge on any atom is -0.491 e. The van der Waals surface area contributed by atoms with E-state index in [2.05, 4.69) is 10.4 Å². The molecule has 2 heterocycles. The number of ether oxygens (including phenoxy) is 2. The fourth-order valence-corrected chi connectivity index (χ4v) is 2.64. The first-order chi connectivity index (χ1) is 11.5. The molecule has 1 aromatic carbocycles. The Labute approximate surface area is 140 Å². The molecule has 3 rings (SSSR count). The third kappa shape index (κ3) is 3.35. The second kappa shape index (κ2) is 6.52. The van der Waals surface area contributed by atoms with Crippen LogP contribution >= 0.6 is 0 Å². The van der Waals surface area contributed by atoms with Crippen molar-refractivity contribution in [3.8, 4) is 11.5 Å². The molecule has 0 saturated heterocycles. The van der Waals surface area contributed by atoms with Gasteiger partial charge in [-0.15, -0.1) is 0 Å². The Morgan fingerprint density at radius 1 is 1.54 bits per heavy atom. The quantitative estimate of drug-likeness (QED) is 0.872. The van der Waals surface area contributed by atoms with Crippen LogP contribution in [-0.2, 0) is 13.5 Å². The smallest absolute Gasteiger partial charge is 0.257 e. The van der Waals surface area contributed by atoms with E-state index in [0.29, 0.717) is 29.3 Å². The van der Waals surface area contributed by atoms with Crippen molar-refractivity contribution < 1.29 is 19.4 Å². The topological polar surface area (TPSA) is 85.6 Å². The number of carbonyl (C=O) groups is 1. The molecule has 24 heavy (non-hydrogen) atoms. The number of nitrogens with one attached hydrogen (secondary N) is 1. The van der Waals surface area contributed by atoms with E-state index in [4.69, 9.17) is 9.47 Å². The number of aromatic nitrogens is 2. The van der Waals surface area contributed by atoms with E-state index in [0.717, 1.165) is 5.56 Å². The molecule has 0 saturated carbocycles. The Balaban J connectivity index is 1.89. The number of aryl methyl sites for hydroxylation is 1. The largest absolute Gasteiger partial charge is 0.491 e. The second-order valence-corrected chi connectivity index (χ2v) is 6.07. The molecule has 1 aromatic heterocycles. The Morgan fingerprint density at radius 2 is 2.33 bits per heavy atom. The minimum atomic E-state index is -0.302. The third-order valence-electron chi connectivity index (χ3n) is 3.68. The van der Waals surface area contributed by atoms with Crippen molar-refractivity contribution in [2.24, 2.45) is 7.05 Å². The molecule has 2 aromatic rings. The van der Waals surface area contributed by atoms with E-state index >= 15 is 0 Å². The van der Waals surface area contributed by atoms with Crippen LogP contribution in [0.5, 0.6) is 11.5 Å². The summed E-state index contributed by atoms with van der Waals surface area (Å²) < 4.78 is 13.1. The van der Waals surface area contributed by atoms with Crippen LogP contribution in [0.2, 0.25) is 0 Å². The van der Waals surface area contributed by atoms with Gasteiger partial charge in [0.25, 0.3) is 5.91 Å². The predicted molar refractivity (Wildman–Crippen MR) is 88.6 cm³/mol. The molecule has 0 spiro atoms. The van der Waals surface area contributed by atoms with Gasteiger partial charge in [0.15, 0.2) is 5.82 Å². The Hall–Kier alpha value is -2.54. The maximum absolute atomic E-state index is 12.5. The number of fused-ring (bicyclic) bond motifs is 1. The lowest BCUT2D eigenvalue weighted by atomic mass is 10.1. The molecule has 1 atom stereocenters. The first-order valence-corrected chi connectivity index (χ1v) is 7.88. The van der Waals surface area contributed by atoms with Crippen molar-refractivity contribution in [2.75, 3.05) is 11.9 Å². The highest BCUT2D eigenvalue weighted by Gasteiger charge is 2.28. The molecule has 1 aliphatic heterocycles. The molecule has 0 radical (unpaired) electrons. The molecule has 0 fully saturated rings. The molecular weight excluding hydrogens is 310 g/mol. The van der Waals surface area contributed by atoms with Crippen molar-refractivity contribution in [1.29, 1.82) is 0 Å². The Bertz CT molecular complexity index is 754. The predicted octanol–water partition coefficient (Wildman–Crippen LogP) is 1.76. The van der Waals surface area contributed by atoms with Crippen LogP contribution in [0.1, 0.15) is 29.8 Å². The number of anilines is 1. The van der Waals surface area contributed by atoms with Crippen LogP contribution in [0.25, 0.3) is 0 Å². The first-order valence-electron chi connectivity index (χ1n) is 7.88. The van der Waals surface area contributed by atoms with Crippen molar-refractivity contribution in [3.63, 3.8) is 0 Å². The number of carbonyl (C=O) groups excluding carboxylic acids is 1.